The maximum atomic E-state index is 13.1. The van der Waals surface area contributed by atoms with Crippen LogP contribution in [0.4, 0.5) is 4.39 Å². The van der Waals surface area contributed by atoms with Crippen LogP contribution >= 0.6 is 15.9 Å². The van der Waals surface area contributed by atoms with Crippen molar-refractivity contribution >= 4 is 15.9 Å². The predicted octanol–water partition coefficient (Wildman–Crippen LogP) is 4.39. The smallest absolute Gasteiger partial charge is 0.124 e. The van der Waals surface area contributed by atoms with Crippen LogP contribution in [0.5, 0.6) is 0 Å². The molecule has 0 aliphatic heterocycles. The zero-order valence-electron chi connectivity index (χ0n) is 10.4. The summed E-state index contributed by atoms with van der Waals surface area (Å²) >= 11 is 3.40. The number of nitrogens with two attached hydrogens (primary N) is 1. The van der Waals surface area contributed by atoms with Crippen LogP contribution in [0.1, 0.15) is 29.5 Å². The molecule has 3 unspecified atom stereocenters. The van der Waals surface area contributed by atoms with Gasteiger partial charge in [-0.3, -0.25) is 0 Å². The van der Waals surface area contributed by atoms with Crippen LogP contribution in [-0.2, 0) is 0 Å². The lowest BCUT2D eigenvalue weighted by atomic mass is 9.99. The summed E-state index contributed by atoms with van der Waals surface area (Å²) in [5.41, 5.74) is 8.67. The van der Waals surface area contributed by atoms with E-state index in [0.29, 0.717) is 11.8 Å². The van der Waals surface area contributed by atoms with E-state index in [4.69, 9.17) is 5.73 Å². The fourth-order valence-electron chi connectivity index (χ4n) is 2.70. The molecule has 0 aromatic heterocycles. The van der Waals surface area contributed by atoms with Crippen LogP contribution in [-0.4, -0.2) is 0 Å². The molecule has 1 nitrogen and oxygen atoms in total. The van der Waals surface area contributed by atoms with Crippen LogP contribution in [0.25, 0.3) is 0 Å². The van der Waals surface area contributed by atoms with Crippen molar-refractivity contribution in [3.05, 3.63) is 69.9 Å². The van der Waals surface area contributed by atoms with Gasteiger partial charge < -0.3 is 5.73 Å². The van der Waals surface area contributed by atoms with E-state index in [1.165, 1.54) is 17.7 Å². The number of rotatable bonds is 3. The largest absolute Gasteiger partial charge is 0.324 e. The molecule has 19 heavy (non-hydrogen) atoms. The minimum Gasteiger partial charge on any atom is -0.324 e. The number of hydrogen-bond donors (Lipinski definition) is 1. The summed E-state index contributed by atoms with van der Waals surface area (Å²) in [4.78, 5) is 0. The highest BCUT2D eigenvalue weighted by Crippen LogP contribution is 2.53. The molecule has 0 radical (unpaired) electrons. The summed E-state index contributed by atoms with van der Waals surface area (Å²) in [5.74, 6) is 0.746. The monoisotopic (exact) mass is 319 g/mol. The Morgan fingerprint density at radius 2 is 1.89 bits per heavy atom. The number of hydrogen-bond acceptors (Lipinski definition) is 1. The summed E-state index contributed by atoms with van der Waals surface area (Å²) < 4.78 is 13.9. The van der Waals surface area contributed by atoms with Crippen molar-refractivity contribution in [1.29, 1.82) is 0 Å². The predicted molar refractivity (Wildman–Crippen MR) is 78.3 cm³/mol. The standard InChI is InChI=1S/C16H15BrFN/c17-15-8-11(18)6-7-12(15)16(19)14-9-13(14)10-4-2-1-3-5-10/h1-8,13-14,16H,9,19H2. The normalized spacial score (nSPS) is 23.1. The zero-order chi connectivity index (χ0) is 13.4. The van der Waals surface area contributed by atoms with Gasteiger partial charge >= 0.3 is 0 Å². The van der Waals surface area contributed by atoms with Crippen LogP contribution < -0.4 is 5.73 Å². The number of halogens is 2. The molecule has 1 aliphatic rings. The van der Waals surface area contributed by atoms with Crippen molar-refractivity contribution in [2.24, 2.45) is 11.7 Å². The van der Waals surface area contributed by atoms with Gasteiger partial charge in [0.25, 0.3) is 0 Å². The maximum Gasteiger partial charge on any atom is 0.124 e. The second kappa shape index (κ2) is 5.06. The second-order valence-corrected chi connectivity index (χ2v) is 5.96. The van der Waals surface area contributed by atoms with E-state index >= 15 is 0 Å². The molecule has 1 aliphatic carbocycles. The average Bonchev–Trinajstić information content (AvgIpc) is 3.19. The molecule has 0 spiro atoms. The van der Waals surface area contributed by atoms with Gasteiger partial charge in [-0.1, -0.05) is 52.3 Å². The maximum absolute atomic E-state index is 13.1. The highest BCUT2D eigenvalue weighted by molar-refractivity contribution is 9.10. The van der Waals surface area contributed by atoms with Gasteiger partial charge in [0.1, 0.15) is 5.82 Å². The summed E-state index contributed by atoms with van der Waals surface area (Å²) in [6, 6.07) is 15.1. The van der Waals surface area contributed by atoms with Crippen molar-refractivity contribution in [2.75, 3.05) is 0 Å². The molecule has 2 aromatic rings. The van der Waals surface area contributed by atoms with Gasteiger partial charge in [-0.15, -0.1) is 0 Å². The van der Waals surface area contributed by atoms with E-state index in [0.717, 1.165) is 16.5 Å². The van der Waals surface area contributed by atoms with Gasteiger partial charge in [0.05, 0.1) is 0 Å². The summed E-state index contributed by atoms with van der Waals surface area (Å²) in [6.07, 6.45) is 1.11. The lowest BCUT2D eigenvalue weighted by Crippen LogP contribution is -2.14. The topological polar surface area (TPSA) is 26.0 Å². The van der Waals surface area contributed by atoms with Gasteiger partial charge in [0, 0.05) is 10.5 Å². The third-order valence-corrected chi connectivity index (χ3v) is 4.54. The molecular formula is C16H15BrFN. The molecule has 3 atom stereocenters. The molecule has 2 aromatic carbocycles. The summed E-state index contributed by atoms with van der Waals surface area (Å²) in [7, 11) is 0. The molecule has 0 heterocycles. The third kappa shape index (κ3) is 2.58. The Kier molecular flexibility index (Phi) is 3.42. The quantitative estimate of drug-likeness (QED) is 0.892. The Morgan fingerprint density at radius 1 is 1.16 bits per heavy atom. The summed E-state index contributed by atoms with van der Waals surface area (Å²) in [6.45, 7) is 0. The van der Waals surface area contributed by atoms with Crippen molar-refractivity contribution in [2.45, 2.75) is 18.4 Å². The van der Waals surface area contributed by atoms with Crippen LogP contribution in [0, 0.1) is 11.7 Å². The van der Waals surface area contributed by atoms with Crippen molar-refractivity contribution in [1.82, 2.24) is 0 Å². The highest BCUT2D eigenvalue weighted by atomic mass is 79.9. The Balaban J connectivity index is 1.78. The minimum atomic E-state index is -0.238. The molecule has 3 rings (SSSR count). The van der Waals surface area contributed by atoms with E-state index in [9.17, 15) is 4.39 Å². The SMILES string of the molecule is NC(c1ccc(F)cc1Br)C1CC1c1ccccc1. The Labute approximate surface area is 120 Å². The van der Waals surface area contributed by atoms with Crippen LogP contribution in [0.3, 0.4) is 0 Å². The lowest BCUT2D eigenvalue weighted by molar-refractivity contribution is 0.601. The van der Waals surface area contributed by atoms with Crippen molar-refractivity contribution in [3.8, 4) is 0 Å². The Morgan fingerprint density at radius 3 is 2.58 bits per heavy atom. The van der Waals surface area contributed by atoms with Gasteiger partial charge in [0.2, 0.25) is 0 Å². The molecule has 1 saturated carbocycles. The molecule has 2 N–H and O–H groups in total. The lowest BCUT2D eigenvalue weighted by Gasteiger charge is -2.14. The first kappa shape index (κ1) is 12.8. The molecule has 0 saturated heterocycles. The van der Waals surface area contributed by atoms with Crippen LogP contribution in [0.15, 0.2) is 53.0 Å². The Bertz CT molecular complexity index is 585. The van der Waals surface area contributed by atoms with E-state index < -0.39 is 0 Å². The minimum absolute atomic E-state index is 0.0415. The molecular weight excluding hydrogens is 305 g/mol. The molecule has 0 amide bonds. The van der Waals surface area contributed by atoms with E-state index in [1.54, 1.807) is 6.07 Å². The highest BCUT2D eigenvalue weighted by Gasteiger charge is 2.43. The fraction of sp³-hybridized carbons (Fsp3) is 0.250. The molecule has 98 valence electrons. The van der Waals surface area contributed by atoms with Gasteiger partial charge in [-0.2, -0.15) is 0 Å². The fourth-order valence-corrected chi connectivity index (χ4v) is 3.31. The third-order valence-electron chi connectivity index (χ3n) is 3.85. The zero-order valence-corrected chi connectivity index (χ0v) is 12.0. The van der Waals surface area contributed by atoms with E-state index in [2.05, 4.69) is 40.2 Å². The summed E-state index contributed by atoms with van der Waals surface area (Å²) in [5, 5.41) is 0. The van der Waals surface area contributed by atoms with E-state index in [1.807, 2.05) is 6.07 Å². The second-order valence-electron chi connectivity index (χ2n) is 5.11. The molecule has 0 bridgehead atoms. The van der Waals surface area contributed by atoms with Crippen molar-refractivity contribution in [3.63, 3.8) is 0 Å². The van der Waals surface area contributed by atoms with Gasteiger partial charge in [0.15, 0.2) is 0 Å². The molecule has 3 heteroatoms. The average molecular weight is 320 g/mol. The van der Waals surface area contributed by atoms with Gasteiger partial charge in [-0.05, 0) is 41.5 Å². The first-order chi connectivity index (χ1) is 9.16. The first-order valence-corrected chi connectivity index (χ1v) is 7.21. The van der Waals surface area contributed by atoms with Gasteiger partial charge in [-0.25, -0.2) is 4.39 Å². The van der Waals surface area contributed by atoms with E-state index in [-0.39, 0.29) is 11.9 Å². The molecule has 1 fully saturated rings. The van der Waals surface area contributed by atoms with Crippen LogP contribution in [0.2, 0.25) is 0 Å². The Hall–Kier alpha value is -1.19. The number of benzene rings is 2. The first-order valence-electron chi connectivity index (χ1n) is 6.42. The van der Waals surface area contributed by atoms with Crippen molar-refractivity contribution < 1.29 is 4.39 Å².